The Bertz CT molecular complexity index is 3890. The van der Waals surface area contributed by atoms with Gasteiger partial charge in [-0.15, -0.1) is 5.10 Å². The predicted octanol–water partition coefficient (Wildman–Crippen LogP) is 4.19. The number of imide groups is 1. The molecule has 1 aromatic carbocycles. The molecule has 0 radical (unpaired) electrons. The number of benzene rings is 1. The largest absolute Gasteiger partial charge is 0.445 e. The summed E-state index contributed by atoms with van der Waals surface area (Å²) in [6.45, 7) is 15.2. The second-order valence-corrected chi connectivity index (χ2v) is 32.5. The van der Waals surface area contributed by atoms with Crippen LogP contribution in [-0.2, 0) is 125 Å². The summed E-state index contributed by atoms with van der Waals surface area (Å²) in [6.07, 6.45) is 4.69. The van der Waals surface area contributed by atoms with Gasteiger partial charge in [-0.2, -0.15) is 13.7 Å². The molecule has 632 valence electrons. The summed E-state index contributed by atoms with van der Waals surface area (Å²) in [7, 11) is -2.71. The van der Waals surface area contributed by atoms with E-state index in [1.807, 2.05) is 6.07 Å². The number of ketones is 1. The number of aliphatic hydroxyl groups is 2. The van der Waals surface area contributed by atoms with Crippen LogP contribution in [0.2, 0.25) is 0 Å². The first-order valence-electron chi connectivity index (χ1n) is 40.2. The number of pyridine rings is 1. The fourth-order valence-corrected chi connectivity index (χ4v) is 17.9. The molecule has 9 aliphatic heterocycles. The summed E-state index contributed by atoms with van der Waals surface area (Å²) in [5.74, 6) is -2.48. The molecule has 4 N–H and O–H groups in total. The molecule has 35 heteroatoms. The zero-order valence-electron chi connectivity index (χ0n) is 65.6. The van der Waals surface area contributed by atoms with Gasteiger partial charge in [-0.25, -0.2) is 14.5 Å². The second-order valence-electron chi connectivity index (χ2n) is 30.7. The standard InChI is InChI=1S/C80H111N9O25S/c1-51-37-60-10-12-65-52(2)38-62(108-65)17-19-80-44-64(92)77(114-80)70-43-71(113-80)78-66(111-70)13-11-61(110-78)39-58(90)40-63-68(42-67(109-60)53(51)3)112-69(76(63)99-4)41-59(91)47-84-79(96)107-49-54-5-8-57(9-6-54)89(115(97,98)73-14-7-55(45-81)46-83-73)23-26-102-29-32-104-31-28-101-25-22-87-48-56(85-86-87)50-106-36-35-105-34-33-103-30-27-100-24-20-82-72(93)18-21-88-74(94)15-16-75(88)95/h5-9,14-16,46,48,51,59-71,76-78,91-92H,2-3,10-13,17-44,47,49-50H2,1,4H3,(H,82,93)(H,84,96)/t51-,59?,60+,61?,62?,63?,64-,65?,66?,67?,68+,69?,70?,71?,76-,77?,78+,80-/m1/s1. The number of methoxy groups -OCH3 is 1. The number of carbonyl (C=O) groups excluding carboxylic acids is 5. The van der Waals surface area contributed by atoms with Gasteiger partial charge in [0.2, 0.25) is 5.91 Å². The van der Waals surface area contributed by atoms with Gasteiger partial charge in [-0.05, 0) is 91.8 Å². The Morgan fingerprint density at radius 3 is 2.14 bits per heavy atom. The molecule has 4 amide bonds. The zero-order chi connectivity index (χ0) is 80.9. The van der Waals surface area contributed by atoms with Crippen molar-refractivity contribution in [1.82, 2.24) is 35.5 Å². The smallest absolute Gasteiger partial charge is 0.407 e. The third-order valence-electron chi connectivity index (χ3n) is 22.5. The van der Waals surface area contributed by atoms with Crippen molar-refractivity contribution in [2.45, 2.75) is 225 Å². The third-order valence-corrected chi connectivity index (χ3v) is 24.2. The van der Waals surface area contributed by atoms with Crippen LogP contribution in [0.3, 0.4) is 0 Å². The minimum atomic E-state index is -4.29. The van der Waals surface area contributed by atoms with E-state index in [0.717, 1.165) is 39.6 Å². The van der Waals surface area contributed by atoms with Gasteiger partial charge in [0.1, 0.15) is 36.4 Å². The van der Waals surface area contributed by atoms with Gasteiger partial charge in [0.25, 0.3) is 21.8 Å². The molecular formula is C80H111N9O25S. The maximum atomic E-state index is 14.5. The number of amides is 4. The van der Waals surface area contributed by atoms with Crippen LogP contribution in [0.5, 0.6) is 0 Å². The minimum Gasteiger partial charge on any atom is -0.445 e. The molecule has 0 aliphatic carbocycles. The Labute approximate surface area is 670 Å². The molecule has 12 rings (SSSR count). The number of alkyl carbamates (subject to hydrolysis) is 1. The highest BCUT2D eigenvalue weighted by atomic mass is 32.2. The maximum absolute atomic E-state index is 14.5. The average Bonchev–Trinajstić information content (AvgIpc) is 1.59. The van der Waals surface area contributed by atoms with Crippen LogP contribution in [0.25, 0.3) is 0 Å². The van der Waals surface area contributed by atoms with Crippen molar-refractivity contribution in [2.24, 2.45) is 11.8 Å². The van der Waals surface area contributed by atoms with Crippen LogP contribution in [-0.4, -0.2) is 290 Å². The van der Waals surface area contributed by atoms with Crippen molar-refractivity contribution in [3.05, 3.63) is 102 Å². The number of aromatic nitrogens is 4. The van der Waals surface area contributed by atoms with Crippen LogP contribution >= 0.6 is 0 Å². The van der Waals surface area contributed by atoms with Crippen molar-refractivity contribution in [3.8, 4) is 6.07 Å². The Balaban J connectivity index is 0.543. The zero-order valence-corrected chi connectivity index (χ0v) is 66.4. The fourth-order valence-electron chi connectivity index (χ4n) is 16.5. The Kier molecular flexibility index (Phi) is 32.2. The SMILES string of the molecule is C=C1CC2CC[C@]34C[C@@H](O)C(O3)C3CC(O4)[C@H]4OC(CCC4O3)CC(=O)CC3[C@@H](OC)C(CC(O)CNC(=O)OCc4ccc(N(CCOCCOCCOCCn5cc(COCCOCCOCCOCCNC(=O)CCN6C(=O)C=CC6=O)nn5)S(=O)(=O)c5ccc(C#N)cn5)cc4)O[C@H]3CC3O[C@@H](CCC1O2)C[C@@H](C)C3=C. The minimum absolute atomic E-state index is 0.0166. The number of aliphatic hydroxyl groups excluding tert-OH is 2. The van der Waals surface area contributed by atoms with Gasteiger partial charge in [0.05, 0.1) is 202 Å². The van der Waals surface area contributed by atoms with Crippen LogP contribution in [0.1, 0.15) is 120 Å². The fraction of sp³-hybridized carbons (Fsp3) is 0.688. The molecule has 2 aromatic heterocycles. The molecule has 115 heavy (non-hydrogen) atoms. The number of nitrogens with one attached hydrogen (secondary N) is 2. The van der Waals surface area contributed by atoms with Crippen LogP contribution in [0.4, 0.5) is 10.5 Å². The molecule has 34 nitrogen and oxygen atoms in total. The Hall–Kier alpha value is -7.16. The van der Waals surface area contributed by atoms with E-state index in [-0.39, 0.29) is 175 Å². The van der Waals surface area contributed by atoms with Gasteiger partial charge in [0, 0.05) is 102 Å². The summed E-state index contributed by atoms with van der Waals surface area (Å²) in [6, 6.07) is 10.9. The Morgan fingerprint density at radius 2 is 1.42 bits per heavy atom. The van der Waals surface area contributed by atoms with E-state index < -0.39 is 88.5 Å². The summed E-state index contributed by atoms with van der Waals surface area (Å²) in [4.78, 5) is 68.0. The van der Waals surface area contributed by atoms with Gasteiger partial charge in [0.15, 0.2) is 10.8 Å². The summed E-state index contributed by atoms with van der Waals surface area (Å²) >= 11 is 0. The highest BCUT2D eigenvalue weighted by Crippen LogP contribution is 2.50. The van der Waals surface area contributed by atoms with E-state index in [9.17, 15) is 47.9 Å². The van der Waals surface area contributed by atoms with Crippen LogP contribution in [0, 0.1) is 23.2 Å². The number of hydrogen-bond acceptors (Lipinski definition) is 29. The molecule has 8 saturated heterocycles. The van der Waals surface area contributed by atoms with Crippen molar-refractivity contribution in [1.29, 1.82) is 5.26 Å². The third kappa shape index (κ3) is 24.3. The molecule has 18 atom stereocenters. The number of Topliss-reactive ketones (excluding diaryl/α,β-unsaturated/α-hetero) is 1. The highest BCUT2D eigenvalue weighted by Gasteiger charge is 2.60. The molecule has 0 saturated carbocycles. The first-order chi connectivity index (χ1) is 55.7. The highest BCUT2D eigenvalue weighted by molar-refractivity contribution is 7.92. The van der Waals surface area contributed by atoms with Crippen molar-refractivity contribution < 1.29 is 118 Å². The number of nitrogens with zero attached hydrogens (tertiary/aromatic N) is 7. The molecule has 11 heterocycles. The lowest BCUT2D eigenvalue weighted by atomic mass is 9.81. The molecule has 11 unspecified atom stereocenters. The van der Waals surface area contributed by atoms with E-state index in [1.54, 1.807) is 42.3 Å². The lowest BCUT2D eigenvalue weighted by Crippen LogP contribution is -2.58. The molecule has 1 spiro atoms. The number of fused-ring (bicyclic) bond motifs is 9. The summed E-state index contributed by atoms with van der Waals surface area (Å²) < 4.78 is 130. The normalized spacial score (nSPS) is 29.7. The quantitative estimate of drug-likeness (QED) is 0.0353. The topological polar surface area (TPSA) is 406 Å². The van der Waals surface area contributed by atoms with E-state index >= 15 is 0 Å². The van der Waals surface area contributed by atoms with E-state index in [4.69, 9.17) is 75.8 Å². The number of nitriles is 1. The van der Waals surface area contributed by atoms with E-state index in [1.165, 1.54) is 30.5 Å². The van der Waals surface area contributed by atoms with Crippen LogP contribution in [0.15, 0.2) is 90.3 Å². The second kappa shape index (κ2) is 42.5. The number of carbonyl (C=O) groups is 5. The maximum Gasteiger partial charge on any atom is 0.407 e. The van der Waals surface area contributed by atoms with Gasteiger partial charge < -0.3 is 96.6 Å². The van der Waals surface area contributed by atoms with Gasteiger partial charge in [-0.1, -0.05) is 37.4 Å². The molecule has 3 aromatic rings. The first kappa shape index (κ1) is 87.2. The predicted molar refractivity (Wildman–Crippen MR) is 405 cm³/mol. The lowest BCUT2D eigenvalue weighted by molar-refractivity contribution is -0.277. The van der Waals surface area contributed by atoms with E-state index in [2.05, 4.69) is 46.0 Å². The number of sulfonamides is 1. The van der Waals surface area contributed by atoms with Crippen molar-refractivity contribution >= 4 is 45.3 Å². The molecule has 10 bridgehead atoms. The average molecular weight is 1630 g/mol. The van der Waals surface area contributed by atoms with E-state index in [0.29, 0.717) is 122 Å². The van der Waals surface area contributed by atoms with Crippen molar-refractivity contribution in [3.63, 3.8) is 0 Å². The molecule has 9 aliphatic rings. The lowest BCUT2D eigenvalue weighted by Gasteiger charge is -2.47. The first-order valence-corrected chi connectivity index (χ1v) is 41.7. The monoisotopic (exact) mass is 1630 g/mol. The number of hydrogen-bond donors (Lipinski definition) is 4. The summed E-state index contributed by atoms with van der Waals surface area (Å²) in [5.41, 5.74) is 3.61. The number of anilines is 1. The summed E-state index contributed by atoms with van der Waals surface area (Å²) in [5, 5.41) is 45.6. The Morgan fingerprint density at radius 1 is 0.722 bits per heavy atom. The van der Waals surface area contributed by atoms with Crippen LogP contribution < -0.4 is 14.9 Å². The molecule has 8 fully saturated rings. The number of rotatable bonds is 39. The van der Waals surface area contributed by atoms with Gasteiger partial charge in [-0.3, -0.25) is 28.4 Å². The van der Waals surface area contributed by atoms with Gasteiger partial charge >= 0.3 is 6.09 Å². The van der Waals surface area contributed by atoms with Crippen molar-refractivity contribution in [2.75, 3.05) is 123 Å². The molecular weight excluding hydrogens is 1520 g/mol. The number of ether oxygens (including phenoxy) is 16.